The van der Waals surface area contributed by atoms with Crippen LogP contribution in [0.2, 0.25) is 0 Å². The van der Waals surface area contributed by atoms with E-state index in [1.165, 1.54) is 50.5 Å². The molecule has 0 heterocycles. The van der Waals surface area contributed by atoms with E-state index in [2.05, 4.69) is 31.2 Å². The second-order valence-corrected chi connectivity index (χ2v) is 8.09. The minimum Gasteiger partial charge on any atom is -0.328 e. The fraction of sp³-hybridized carbons (Fsp3) is 0.500. The van der Waals surface area contributed by atoms with Crippen LogP contribution in [0.1, 0.15) is 68.9 Å². The highest BCUT2D eigenvalue weighted by atomic mass is 19.1. The minimum atomic E-state index is -0.133. The number of halogens is 1. The molecule has 1 fully saturated rings. The van der Waals surface area contributed by atoms with Crippen LogP contribution < -0.4 is 5.73 Å². The highest BCUT2D eigenvalue weighted by Crippen LogP contribution is 2.36. The first-order valence-electron chi connectivity index (χ1n) is 10.2. The topological polar surface area (TPSA) is 26.0 Å². The summed E-state index contributed by atoms with van der Waals surface area (Å²) in [5, 5.41) is 0. The lowest BCUT2D eigenvalue weighted by atomic mass is 9.78. The SMILES string of the molecule is CCCC(CC1CCC(N)CC1)c1ccc(-c2ccc(C)c(F)c2)cc1. The third-order valence-corrected chi connectivity index (χ3v) is 6.03. The van der Waals surface area contributed by atoms with Gasteiger partial charge >= 0.3 is 0 Å². The number of nitrogens with two attached hydrogens (primary N) is 1. The molecule has 0 saturated heterocycles. The van der Waals surface area contributed by atoms with Crippen molar-refractivity contribution in [2.45, 2.75) is 70.8 Å². The lowest BCUT2D eigenvalue weighted by molar-refractivity contribution is 0.289. The molecule has 26 heavy (non-hydrogen) atoms. The Morgan fingerprint density at radius 1 is 1.00 bits per heavy atom. The molecule has 3 rings (SSSR count). The summed E-state index contributed by atoms with van der Waals surface area (Å²) in [7, 11) is 0. The van der Waals surface area contributed by atoms with E-state index in [-0.39, 0.29) is 5.82 Å². The lowest BCUT2D eigenvalue weighted by Crippen LogP contribution is -2.27. The standard InChI is InChI=1S/C24H32FN/c1-3-4-21(15-18-6-13-23(26)14-7-18)19-9-11-20(12-10-19)22-8-5-17(2)24(25)16-22/h5,8-12,16,18,21,23H,3-4,6-7,13-15,26H2,1-2H3. The molecule has 2 aromatic rings. The molecule has 1 aliphatic rings. The van der Waals surface area contributed by atoms with Crippen LogP contribution in [0.25, 0.3) is 11.1 Å². The van der Waals surface area contributed by atoms with E-state index in [0.29, 0.717) is 17.5 Å². The van der Waals surface area contributed by atoms with E-state index in [1.807, 2.05) is 12.1 Å². The van der Waals surface area contributed by atoms with Gasteiger partial charge in [0.05, 0.1) is 0 Å². The van der Waals surface area contributed by atoms with Crippen molar-refractivity contribution in [2.75, 3.05) is 0 Å². The van der Waals surface area contributed by atoms with Crippen molar-refractivity contribution in [1.29, 1.82) is 0 Å². The van der Waals surface area contributed by atoms with Gasteiger partial charge in [-0.1, -0.05) is 49.7 Å². The summed E-state index contributed by atoms with van der Waals surface area (Å²) in [6, 6.07) is 14.7. The predicted molar refractivity (Wildman–Crippen MR) is 109 cm³/mol. The van der Waals surface area contributed by atoms with Gasteiger partial charge in [-0.15, -0.1) is 0 Å². The first kappa shape index (κ1) is 19.1. The maximum absolute atomic E-state index is 13.9. The second kappa shape index (κ2) is 8.81. The summed E-state index contributed by atoms with van der Waals surface area (Å²) in [5.41, 5.74) is 10.2. The summed E-state index contributed by atoms with van der Waals surface area (Å²) < 4.78 is 13.9. The zero-order valence-corrected chi connectivity index (χ0v) is 16.2. The van der Waals surface area contributed by atoms with Crippen LogP contribution in [0, 0.1) is 18.7 Å². The Bertz CT molecular complexity index is 699. The van der Waals surface area contributed by atoms with E-state index in [4.69, 9.17) is 5.73 Å². The molecule has 0 amide bonds. The van der Waals surface area contributed by atoms with Crippen molar-refractivity contribution in [2.24, 2.45) is 11.7 Å². The van der Waals surface area contributed by atoms with E-state index >= 15 is 0 Å². The molecular weight excluding hydrogens is 321 g/mol. The van der Waals surface area contributed by atoms with Gasteiger partial charge in [0.1, 0.15) is 5.82 Å². The molecule has 0 spiro atoms. The Balaban J connectivity index is 1.72. The number of aryl methyl sites for hydroxylation is 1. The third-order valence-electron chi connectivity index (χ3n) is 6.03. The number of hydrogen-bond acceptors (Lipinski definition) is 1. The molecule has 1 atom stereocenters. The van der Waals surface area contributed by atoms with Gasteiger partial charge in [-0.2, -0.15) is 0 Å². The van der Waals surface area contributed by atoms with Crippen LogP contribution in [0.4, 0.5) is 4.39 Å². The molecule has 2 N–H and O–H groups in total. The molecule has 0 aromatic heterocycles. The Hall–Kier alpha value is -1.67. The second-order valence-electron chi connectivity index (χ2n) is 8.09. The first-order valence-corrected chi connectivity index (χ1v) is 10.2. The predicted octanol–water partition coefficient (Wildman–Crippen LogP) is 6.59. The molecule has 1 saturated carbocycles. The van der Waals surface area contributed by atoms with Gasteiger partial charge in [-0.25, -0.2) is 4.39 Å². The van der Waals surface area contributed by atoms with Gasteiger partial charge in [-0.05, 0) is 85.6 Å². The Kier molecular flexibility index (Phi) is 6.48. The van der Waals surface area contributed by atoms with Crippen LogP contribution in [0.5, 0.6) is 0 Å². The van der Waals surface area contributed by atoms with Crippen LogP contribution in [-0.4, -0.2) is 6.04 Å². The van der Waals surface area contributed by atoms with Crippen molar-refractivity contribution in [3.05, 3.63) is 59.4 Å². The maximum atomic E-state index is 13.9. The van der Waals surface area contributed by atoms with Crippen molar-refractivity contribution >= 4 is 0 Å². The number of hydrogen-bond donors (Lipinski definition) is 1. The van der Waals surface area contributed by atoms with E-state index in [1.54, 1.807) is 13.0 Å². The van der Waals surface area contributed by atoms with Crippen molar-refractivity contribution in [3.8, 4) is 11.1 Å². The Morgan fingerprint density at radius 3 is 2.27 bits per heavy atom. The maximum Gasteiger partial charge on any atom is 0.126 e. The molecule has 0 radical (unpaired) electrons. The third kappa shape index (κ3) is 4.73. The summed E-state index contributed by atoms with van der Waals surface area (Å²) in [4.78, 5) is 0. The molecule has 0 aliphatic heterocycles. The summed E-state index contributed by atoms with van der Waals surface area (Å²) >= 11 is 0. The Morgan fingerprint density at radius 2 is 1.65 bits per heavy atom. The van der Waals surface area contributed by atoms with Gasteiger partial charge in [0.15, 0.2) is 0 Å². The average molecular weight is 354 g/mol. The molecule has 1 aliphatic carbocycles. The van der Waals surface area contributed by atoms with Gasteiger partial charge in [0.2, 0.25) is 0 Å². The van der Waals surface area contributed by atoms with Crippen molar-refractivity contribution in [3.63, 3.8) is 0 Å². The van der Waals surface area contributed by atoms with Crippen LogP contribution in [0.3, 0.4) is 0 Å². The Labute approximate surface area is 157 Å². The molecule has 1 nitrogen and oxygen atoms in total. The molecule has 2 heteroatoms. The van der Waals surface area contributed by atoms with E-state index in [9.17, 15) is 4.39 Å². The quantitative estimate of drug-likeness (QED) is 0.622. The van der Waals surface area contributed by atoms with Crippen LogP contribution in [0.15, 0.2) is 42.5 Å². The lowest BCUT2D eigenvalue weighted by Gasteiger charge is -2.29. The van der Waals surface area contributed by atoms with Crippen LogP contribution >= 0.6 is 0 Å². The van der Waals surface area contributed by atoms with E-state index < -0.39 is 0 Å². The van der Waals surface area contributed by atoms with Gasteiger partial charge < -0.3 is 5.73 Å². The smallest absolute Gasteiger partial charge is 0.126 e. The molecule has 1 unspecified atom stereocenters. The largest absolute Gasteiger partial charge is 0.328 e. The van der Waals surface area contributed by atoms with Crippen molar-refractivity contribution in [1.82, 2.24) is 0 Å². The zero-order chi connectivity index (χ0) is 18.5. The fourth-order valence-corrected chi connectivity index (χ4v) is 4.32. The summed E-state index contributed by atoms with van der Waals surface area (Å²) in [6.07, 6.45) is 8.65. The number of benzene rings is 2. The van der Waals surface area contributed by atoms with Crippen molar-refractivity contribution < 1.29 is 4.39 Å². The summed E-state index contributed by atoms with van der Waals surface area (Å²) in [5.74, 6) is 1.31. The zero-order valence-electron chi connectivity index (χ0n) is 16.2. The minimum absolute atomic E-state index is 0.133. The highest BCUT2D eigenvalue weighted by molar-refractivity contribution is 5.64. The fourth-order valence-electron chi connectivity index (χ4n) is 4.32. The molecule has 0 bridgehead atoms. The average Bonchev–Trinajstić information content (AvgIpc) is 2.65. The van der Waals surface area contributed by atoms with Gasteiger partial charge in [0.25, 0.3) is 0 Å². The summed E-state index contributed by atoms with van der Waals surface area (Å²) in [6.45, 7) is 4.07. The first-order chi connectivity index (χ1) is 12.6. The number of rotatable bonds is 6. The highest BCUT2D eigenvalue weighted by Gasteiger charge is 2.22. The van der Waals surface area contributed by atoms with E-state index in [0.717, 1.165) is 17.0 Å². The molecule has 2 aromatic carbocycles. The normalized spacial score (nSPS) is 21.5. The van der Waals surface area contributed by atoms with Gasteiger partial charge in [-0.3, -0.25) is 0 Å². The van der Waals surface area contributed by atoms with Gasteiger partial charge in [0, 0.05) is 6.04 Å². The monoisotopic (exact) mass is 353 g/mol. The van der Waals surface area contributed by atoms with Crippen LogP contribution in [-0.2, 0) is 0 Å². The molecule has 140 valence electrons. The molecular formula is C24H32FN.